The monoisotopic (exact) mass is 101 g/mol. The molecule has 0 aromatic rings. The van der Waals surface area contributed by atoms with Crippen LogP contribution < -0.4 is 5.43 Å². The normalized spacial score (nSPS) is 34.3. The molecule has 0 aliphatic carbocycles. The molecule has 1 N–H and O–H groups in total. The van der Waals surface area contributed by atoms with Gasteiger partial charge in [0, 0.05) is 12.6 Å². The molecule has 1 saturated heterocycles. The second-order valence-corrected chi connectivity index (χ2v) is 1.92. The van der Waals surface area contributed by atoms with Gasteiger partial charge in [0.15, 0.2) is 0 Å². The van der Waals surface area contributed by atoms with Crippen molar-refractivity contribution in [3.8, 4) is 0 Å². The SMILES string of the molecule is CC1CCN([O-])N1. The van der Waals surface area contributed by atoms with Gasteiger partial charge in [-0.15, -0.1) is 0 Å². The summed E-state index contributed by atoms with van der Waals surface area (Å²) >= 11 is 0. The van der Waals surface area contributed by atoms with Crippen LogP contribution in [0.3, 0.4) is 0 Å². The highest BCUT2D eigenvalue weighted by Gasteiger charge is 2.08. The van der Waals surface area contributed by atoms with Gasteiger partial charge in [0.05, 0.1) is 0 Å². The number of hydrogen-bond acceptors (Lipinski definition) is 3. The van der Waals surface area contributed by atoms with Crippen LogP contribution in [0.15, 0.2) is 0 Å². The van der Waals surface area contributed by atoms with Gasteiger partial charge in [0.2, 0.25) is 0 Å². The zero-order valence-electron chi connectivity index (χ0n) is 4.35. The lowest BCUT2D eigenvalue weighted by atomic mass is 10.3. The fourth-order valence-corrected chi connectivity index (χ4v) is 0.686. The van der Waals surface area contributed by atoms with Gasteiger partial charge in [-0.1, -0.05) is 0 Å². The summed E-state index contributed by atoms with van der Waals surface area (Å²) in [7, 11) is 0. The van der Waals surface area contributed by atoms with Crippen LogP contribution in [0, 0.1) is 5.21 Å². The van der Waals surface area contributed by atoms with Gasteiger partial charge in [-0.05, 0) is 13.3 Å². The van der Waals surface area contributed by atoms with Crippen molar-refractivity contribution in [2.24, 2.45) is 0 Å². The molecule has 0 radical (unpaired) electrons. The third-order valence-electron chi connectivity index (χ3n) is 1.13. The highest BCUT2D eigenvalue weighted by molar-refractivity contribution is 4.69. The smallest absolute Gasteiger partial charge is 0.0189 e. The maximum Gasteiger partial charge on any atom is 0.0189 e. The Labute approximate surface area is 42.9 Å². The second-order valence-electron chi connectivity index (χ2n) is 1.92. The van der Waals surface area contributed by atoms with Gasteiger partial charge in [-0.2, -0.15) is 0 Å². The lowest BCUT2D eigenvalue weighted by molar-refractivity contribution is 0.337. The van der Waals surface area contributed by atoms with Crippen molar-refractivity contribution in [2.75, 3.05) is 6.54 Å². The molecule has 1 rings (SSSR count). The molecule has 0 bridgehead atoms. The molecule has 1 aliphatic rings. The zero-order valence-corrected chi connectivity index (χ0v) is 4.35. The molecule has 7 heavy (non-hydrogen) atoms. The predicted molar refractivity (Wildman–Crippen MR) is 27.3 cm³/mol. The van der Waals surface area contributed by atoms with Crippen LogP contribution in [0.4, 0.5) is 0 Å². The van der Waals surface area contributed by atoms with Gasteiger partial charge in [-0.3, -0.25) is 5.43 Å². The average molecular weight is 101 g/mol. The van der Waals surface area contributed by atoms with E-state index >= 15 is 0 Å². The molecule has 0 aromatic carbocycles. The van der Waals surface area contributed by atoms with E-state index in [9.17, 15) is 5.21 Å². The van der Waals surface area contributed by atoms with Gasteiger partial charge in [0.25, 0.3) is 0 Å². The van der Waals surface area contributed by atoms with Crippen LogP contribution in [0.25, 0.3) is 0 Å². The molecule has 1 atom stereocenters. The van der Waals surface area contributed by atoms with Crippen LogP contribution >= 0.6 is 0 Å². The quantitative estimate of drug-likeness (QED) is 0.469. The Bertz CT molecular complexity index is 58.7. The first kappa shape index (κ1) is 5.03. The third-order valence-corrected chi connectivity index (χ3v) is 1.13. The standard InChI is InChI=1S/C4H9N2O/c1-4-2-3-6(7)5-4/h4-5H,2-3H2,1H3/q-1. The number of hydrogen-bond donors (Lipinski definition) is 1. The number of nitrogens with one attached hydrogen (secondary N) is 1. The minimum Gasteiger partial charge on any atom is -0.772 e. The van der Waals surface area contributed by atoms with Crippen LogP contribution in [0.2, 0.25) is 0 Å². The summed E-state index contributed by atoms with van der Waals surface area (Å²) in [5.74, 6) is 0. The van der Waals surface area contributed by atoms with Crippen molar-refractivity contribution < 1.29 is 0 Å². The molecular weight excluding hydrogens is 92.1 g/mol. The summed E-state index contributed by atoms with van der Waals surface area (Å²) in [6.07, 6.45) is 0.976. The molecule has 0 spiro atoms. The summed E-state index contributed by atoms with van der Waals surface area (Å²) in [4.78, 5) is 0. The largest absolute Gasteiger partial charge is 0.772 e. The van der Waals surface area contributed by atoms with Crippen molar-refractivity contribution >= 4 is 0 Å². The number of hydroxylamine groups is 1. The minimum atomic E-state index is 0.387. The van der Waals surface area contributed by atoms with Crippen LogP contribution in [0.1, 0.15) is 13.3 Å². The van der Waals surface area contributed by atoms with Crippen molar-refractivity contribution in [3.05, 3.63) is 5.21 Å². The minimum absolute atomic E-state index is 0.387. The molecule has 1 fully saturated rings. The van der Waals surface area contributed by atoms with Crippen LogP contribution in [0.5, 0.6) is 0 Å². The molecule has 1 unspecified atom stereocenters. The molecule has 1 aliphatic heterocycles. The van der Waals surface area contributed by atoms with Gasteiger partial charge in [-0.25, -0.2) is 0 Å². The van der Waals surface area contributed by atoms with E-state index < -0.39 is 0 Å². The summed E-state index contributed by atoms with van der Waals surface area (Å²) in [6.45, 7) is 2.64. The lowest BCUT2D eigenvalue weighted by Gasteiger charge is -2.20. The summed E-state index contributed by atoms with van der Waals surface area (Å²) < 4.78 is 0. The van der Waals surface area contributed by atoms with E-state index in [0.29, 0.717) is 12.6 Å². The summed E-state index contributed by atoms with van der Waals surface area (Å²) in [5, 5.41) is 11.1. The number of hydrazine groups is 1. The van der Waals surface area contributed by atoms with Gasteiger partial charge < -0.3 is 10.4 Å². The van der Waals surface area contributed by atoms with E-state index in [1.165, 1.54) is 0 Å². The Morgan fingerprint density at radius 2 is 2.57 bits per heavy atom. The number of rotatable bonds is 0. The molecule has 0 aromatic heterocycles. The Morgan fingerprint density at radius 3 is 2.71 bits per heavy atom. The first-order valence-electron chi connectivity index (χ1n) is 2.50. The fraction of sp³-hybridized carbons (Fsp3) is 1.00. The van der Waals surface area contributed by atoms with Gasteiger partial charge in [0.1, 0.15) is 0 Å². The Morgan fingerprint density at radius 1 is 1.86 bits per heavy atom. The van der Waals surface area contributed by atoms with Crippen molar-refractivity contribution in [1.29, 1.82) is 0 Å². The van der Waals surface area contributed by atoms with Crippen molar-refractivity contribution in [2.45, 2.75) is 19.4 Å². The molecule has 0 saturated carbocycles. The van der Waals surface area contributed by atoms with E-state index in [1.54, 1.807) is 0 Å². The Hall–Kier alpha value is -0.120. The predicted octanol–water partition coefficient (Wildman–Crippen LogP) is 0.0830. The Balaban J connectivity index is 2.26. The average Bonchev–Trinajstić information content (AvgIpc) is 1.87. The molecule has 3 heteroatoms. The highest BCUT2D eigenvalue weighted by Crippen LogP contribution is 2.00. The van der Waals surface area contributed by atoms with E-state index in [2.05, 4.69) is 5.43 Å². The van der Waals surface area contributed by atoms with Gasteiger partial charge >= 0.3 is 0 Å². The van der Waals surface area contributed by atoms with E-state index in [1.807, 2.05) is 6.92 Å². The van der Waals surface area contributed by atoms with Crippen molar-refractivity contribution in [1.82, 2.24) is 10.6 Å². The van der Waals surface area contributed by atoms with E-state index in [0.717, 1.165) is 11.6 Å². The van der Waals surface area contributed by atoms with Crippen molar-refractivity contribution in [3.63, 3.8) is 0 Å². The topological polar surface area (TPSA) is 38.3 Å². The summed E-state index contributed by atoms with van der Waals surface area (Å²) in [5.41, 5.74) is 2.69. The van der Waals surface area contributed by atoms with E-state index in [4.69, 9.17) is 0 Å². The zero-order chi connectivity index (χ0) is 5.28. The fourth-order valence-electron chi connectivity index (χ4n) is 0.686. The molecule has 0 amide bonds. The molecular formula is C4H9N2O-. The van der Waals surface area contributed by atoms with Crippen LogP contribution in [-0.4, -0.2) is 17.8 Å². The highest BCUT2D eigenvalue weighted by atomic mass is 16.5. The third kappa shape index (κ3) is 1.12. The molecule has 42 valence electrons. The lowest BCUT2D eigenvalue weighted by Crippen LogP contribution is -2.28. The molecule has 3 nitrogen and oxygen atoms in total. The maximum atomic E-state index is 10.3. The second kappa shape index (κ2) is 1.78. The first-order valence-corrected chi connectivity index (χ1v) is 2.50. The molecule has 1 heterocycles. The summed E-state index contributed by atoms with van der Waals surface area (Å²) in [6, 6.07) is 0.387. The maximum absolute atomic E-state index is 10.3. The number of nitrogens with zero attached hydrogens (tertiary/aromatic N) is 1. The first-order chi connectivity index (χ1) is 3.29. The Kier molecular flexibility index (Phi) is 1.27. The van der Waals surface area contributed by atoms with E-state index in [-0.39, 0.29) is 0 Å². The van der Waals surface area contributed by atoms with Crippen LogP contribution in [-0.2, 0) is 0 Å².